The highest BCUT2D eigenvalue weighted by molar-refractivity contribution is 6.00. The van der Waals surface area contributed by atoms with E-state index in [0.29, 0.717) is 17.0 Å². The van der Waals surface area contributed by atoms with E-state index >= 15 is 0 Å². The molecule has 8 nitrogen and oxygen atoms in total. The Bertz CT molecular complexity index is 1460. The number of aromatic nitrogens is 4. The van der Waals surface area contributed by atoms with Gasteiger partial charge in [0.1, 0.15) is 5.82 Å². The van der Waals surface area contributed by atoms with Crippen LogP contribution >= 0.6 is 0 Å². The first kappa shape index (κ1) is 21.3. The van der Waals surface area contributed by atoms with Crippen molar-refractivity contribution in [3.8, 4) is 28.6 Å². The molecule has 8 heteroatoms. The molecule has 5 heterocycles. The van der Waals surface area contributed by atoms with Crippen LogP contribution < -0.4 is 5.73 Å². The fraction of sp³-hybridized carbons (Fsp3) is 0.296. The van der Waals surface area contributed by atoms with Gasteiger partial charge in [-0.3, -0.25) is 9.78 Å². The summed E-state index contributed by atoms with van der Waals surface area (Å²) in [6.07, 6.45) is 9.50. The van der Waals surface area contributed by atoms with Gasteiger partial charge in [0.15, 0.2) is 17.6 Å². The summed E-state index contributed by atoms with van der Waals surface area (Å²) in [4.78, 5) is 24.3. The fourth-order valence-electron chi connectivity index (χ4n) is 5.79. The molecule has 2 aliphatic heterocycles. The lowest BCUT2D eigenvalue weighted by Crippen LogP contribution is -2.39. The second-order valence-corrected chi connectivity index (χ2v) is 9.47. The number of hydrogen-bond donors (Lipinski definition) is 1. The predicted molar refractivity (Wildman–Crippen MR) is 132 cm³/mol. The molecule has 2 unspecified atom stereocenters. The fourth-order valence-corrected chi connectivity index (χ4v) is 5.79. The molecule has 2 fully saturated rings. The van der Waals surface area contributed by atoms with Crippen LogP contribution in [0.5, 0.6) is 0 Å². The quantitative estimate of drug-likeness (QED) is 0.352. The van der Waals surface area contributed by atoms with Gasteiger partial charge in [-0.25, -0.2) is 4.98 Å². The molecule has 0 radical (unpaired) electrons. The van der Waals surface area contributed by atoms with Gasteiger partial charge < -0.3 is 10.6 Å². The molecule has 3 aromatic heterocycles. The summed E-state index contributed by atoms with van der Waals surface area (Å²) in [5.41, 5.74) is 11.9. The Morgan fingerprint density at radius 1 is 1.06 bits per heavy atom. The van der Waals surface area contributed by atoms with Crippen molar-refractivity contribution in [2.75, 3.05) is 5.73 Å². The highest BCUT2D eigenvalue weighted by Gasteiger charge is 2.42. The normalized spacial score (nSPS) is 21.3. The number of rotatable bonds is 4. The van der Waals surface area contributed by atoms with E-state index in [4.69, 9.17) is 10.7 Å². The summed E-state index contributed by atoms with van der Waals surface area (Å²) >= 11 is 0. The van der Waals surface area contributed by atoms with Crippen molar-refractivity contribution in [2.24, 2.45) is 0 Å². The number of Topliss-reactive ketones (excluding diaryl/α,β-unsaturated/α-hetero) is 1. The van der Waals surface area contributed by atoms with Crippen LogP contribution in [0.25, 0.3) is 28.0 Å². The van der Waals surface area contributed by atoms with Gasteiger partial charge in [0, 0.05) is 40.9 Å². The van der Waals surface area contributed by atoms with Gasteiger partial charge in [-0.15, -0.1) is 0 Å². The van der Waals surface area contributed by atoms with E-state index in [2.05, 4.69) is 16.3 Å². The van der Waals surface area contributed by atoms with Gasteiger partial charge in [0.25, 0.3) is 0 Å². The van der Waals surface area contributed by atoms with Crippen molar-refractivity contribution in [1.82, 2.24) is 24.5 Å². The molecular weight excluding hydrogens is 438 g/mol. The lowest BCUT2D eigenvalue weighted by Gasteiger charge is -2.35. The molecule has 6 rings (SSSR count). The zero-order chi connectivity index (χ0) is 24.1. The maximum absolute atomic E-state index is 12.7. The maximum Gasteiger partial charge on any atom is 0.179 e. The highest BCUT2D eigenvalue weighted by Crippen LogP contribution is 2.44. The summed E-state index contributed by atoms with van der Waals surface area (Å²) in [6, 6.07) is 14.4. The number of nitrogens with two attached hydrogens (primary N) is 1. The zero-order valence-electron chi connectivity index (χ0n) is 19.4. The number of nitrogens with zero attached hydrogens (tertiary/aromatic N) is 6. The molecule has 0 amide bonds. The molecule has 2 bridgehead atoms. The van der Waals surface area contributed by atoms with Crippen LogP contribution in [-0.4, -0.2) is 42.3 Å². The van der Waals surface area contributed by atoms with E-state index in [1.54, 1.807) is 10.7 Å². The monoisotopic (exact) mass is 463 g/mol. The van der Waals surface area contributed by atoms with E-state index in [1.165, 1.54) is 6.92 Å². The van der Waals surface area contributed by atoms with Gasteiger partial charge in [-0.2, -0.15) is 14.9 Å². The Morgan fingerprint density at radius 2 is 1.80 bits per heavy atom. The molecule has 0 spiro atoms. The van der Waals surface area contributed by atoms with Crippen LogP contribution in [0.15, 0.2) is 54.9 Å². The van der Waals surface area contributed by atoms with Crippen molar-refractivity contribution in [1.29, 1.82) is 5.26 Å². The van der Waals surface area contributed by atoms with Crippen molar-refractivity contribution in [2.45, 2.75) is 50.6 Å². The summed E-state index contributed by atoms with van der Waals surface area (Å²) in [6.45, 7) is 1.53. The number of ketones is 1. The molecule has 1 aromatic carbocycles. The third kappa shape index (κ3) is 3.43. The number of nitriles is 1. The minimum Gasteiger partial charge on any atom is -0.383 e. The van der Waals surface area contributed by atoms with Crippen molar-refractivity contribution in [3.05, 3.63) is 66.1 Å². The number of carbonyl (C=O) groups excluding carboxylic acids is 1. The molecule has 0 saturated carbocycles. The van der Waals surface area contributed by atoms with Gasteiger partial charge in [-0.1, -0.05) is 36.4 Å². The van der Waals surface area contributed by atoms with E-state index in [1.807, 2.05) is 53.6 Å². The molecule has 2 atom stereocenters. The molecule has 35 heavy (non-hydrogen) atoms. The summed E-state index contributed by atoms with van der Waals surface area (Å²) in [5, 5.41) is 14.0. The number of nitrogen functional groups attached to an aromatic ring is 1. The Labute approximate surface area is 203 Å². The van der Waals surface area contributed by atoms with Crippen LogP contribution in [0.1, 0.15) is 54.6 Å². The second kappa shape index (κ2) is 8.20. The third-order valence-corrected chi connectivity index (χ3v) is 7.44. The molecule has 4 aromatic rings. The van der Waals surface area contributed by atoms with E-state index < -0.39 is 0 Å². The predicted octanol–water partition coefficient (Wildman–Crippen LogP) is 4.43. The summed E-state index contributed by atoms with van der Waals surface area (Å²) in [7, 11) is 0. The van der Waals surface area contributed by atoms with Crippen LogP contribution in [0.4, 0.5) is 5.82 Å². The van der Waals surface area contributed by atoms with Crippen molar-refractivity contribution >= 4 is 17.2 Å². The standard InChI is InChI=1S/C27H25N7O/c1-16(35)24-25(19-11-20-8-9-21(12-19)33(20)15-28)32-27-22(14-31-34(27)26(24)29)18-7-10-23(30-13-18)17-5-3-2-4-6-17/h2-7,10,13-14,19-21H,8-9,11-12,29H2,1H3. The molecule has 174 valence electrons. The SMILES string of the molecule is CC(=O)c1c(C2CC3CCC(C2)N3C#N)nc2c(-c3ccc(-c4ccccc4)nc3)cnn2c1N. The summed E-state index contributed by atoms with van der Waals surface area (Å²) < 4.78 is 1.56. The second-order valence-electron chi connectivity index (χ2n) is 9.47. The van der Waals surface area contributed by atoms with Gasteiger partial charge in [0.05, 0.1) is 23.1 Å². The summed E-state index contributed by atoms with van der Waals surface area (Å²) in [5.74, 6) is 0.269. The highest BCUT2D eigenvalue weighted by atomic mass is 16.1. The number of hydrogen-bond acceptors (Lipinski definition) is 7. The lowest BCUT2D eigenvalue weighted by atomic mass is 9.85. The largest absolute Gasteiger partial charge is 0.383 e. The van der Waals surface area contributed by atoms with Crippen molar-refractivity contribution in [3.63, 3.8) is 0 Å². The minimum absolute atomic E-state index is 0.0737. The van der Waals surface area contributed by atoms with Crippen LogP contribution in [-0.2, 0) is 0 Å². The first-order valence-electron chi connectivity index (χ1n) is 11.9. The smallest absolute Gasteiger partial charge is 0.179 e. The third-order valence-electron chi connectivity index (χ3n) is 7.44. The topological polar surface area (TPSA) is 113 Å². The van der Waals surface area contributed by atoms with Gasteiger partial charge in [0.2, 0.25) is 0 Å². The molecule has 2 aliphatic rings. The number of anilines is 1. The van der Waals surface area contributed by atoms with Crippen molar-refractivity contribution < 1.29 is 4.79 Å². The lowest BCUT2D eigenvalue weighted by molar-refractivity contribution is 0.101. The first-order chi connectivity index (χ1) is 17.0. The molecule has 0 aliphatic carbocycles. The van der Waals surface area contributed by atoms with E-state index in [9.17, 15) is 10.1 Å². The average molecular weight is 464 g/mol. The first-order valence-corrected chi connectivity index (χ1v) is 11.9. The Kier molecular flexibility index (Phi) is 4.99. The minimum atomic E-state index is -0.118. The van der Waals surface area contributed by atoms with Crippen LogP contribution in [0, 0.1) is 11.5 Å². The Morgan fingerprint density at radius 3 is 2.43 bits per heavy atom. The number of benzene rings is 1. The number of piperidine rings is 1. The Balaban J connectivity index is 1.44. The number of fused-ring (bicyclic) bond motifs is 3. The number of carbonyl (C=O) groups is 1. The van der Waals surface area contributed by atoms with Crippen LogP contribution in [0.3, 0.4) is 0 Å². The molecule has 2 N–H and O–H groups in total. The average Bonchev–Trinajstić information content (AvgIpc) is 3.41. The molecule has 2 saturated heterocycles. The van der Waals surface area contributed by atoms with Gasteiger partial charge >= 0.3 is 0 Å². The molecular formula is C27H25N7O. The Hall–Kier alpha value is -4.25. The zero-order valence-corrected chi connectivity index (χ0v) is 19.4. The van der Waals surface area contributed by atoms with Gasteiger partial charge in [-0.05, 0) is 38.7 Å². The number of pyridine rings is 1. The van der Waals surface area contributed by atoms with E-state index in [-0.39, 0.29) is 23.8 Å². The maximum atomic E-state index is 12.7. The van der Waals surface area contributed by atoms with Crippen LogP contribution in [0.2, 0.25) is 0 Å². The van der Waals surface area contributed by atoms with E-state index in [0.717, 1.165) is 53.8 Å².